The van der Waals surface area contributed by atoms with Crippen molar-refractivity contribution >= 4 is 37.4 Å². The van der Waals surface area contributed by atoms with Crippen LogP contribution in [0.1, 0.15) is 17.3 Å². The summed E-state index contributed by atoms with van der Waals surface area (Å²) in [6.45, 7) is 0. The van der Waals surface area contributed by atoms with E-state index in [2.05, 4.69) is 0 Å². The van der Waals surface area contributed by atoms with Crippen molar-refractivity contribution in [1.29, 1.82) is 0 Å². The average molecular weight is 456 g/mol. The van der Waals surface area contributed by atoms with Crippen molar-refractivity contribution in [2.24, 2.45) is 0 Å². The Balaban J connectivity index is 0.00000420. The van der Waals surface area contributed by atoms with E-state index < -0.39 is 68.2 Å². The van der Waals surface area contributed by atoms with Gasteiger partial charge < -0.3 is 1.43 Å². The summed E-state index contributed by atoms with van der Waals surface area (Å²) in [6.07, 6.45) is 0. The molecule has 29 heavy (non-hydrogen) atoms. The molecule has 13 nitrogen and oxygen atoms in total. The molecule has 0 atom stereocenters. The van der Waals surface area contributed by atoms with Gasteiger partial charge in [-0.1, -0.05) is 0 Å². The number of rotatable bonds is 6. The third-order valence-electron chi connectivity index (χ3n) is 3.32. The molecule has 0 saturated carbocycles. The van der Waals surface area contributed by atoms with Crippen LogP contribution in [0.5, 0.6) is 0 Å². The van der Waals surface area contributed by atoms with Crippen molar-refractivity contribution in [3.05, 3.63) is 67.8 Å². The fraction of sp³-hybridized carbons (Fsp3) is 0. The molecule has 0 aliphatic rings. The molecule has 0 fully saturated rings. The zero-order valence-electron chi connectivity index (χ0n) is 15.2. The SMILES string of the molecule is O=C(c1cc([N+](=O)[O-])cc(S(=O)(=O)O)c1)c1cc([N+](=O)[O-])cc(S(=O)(=O)O)c1.[H-].[Na+]. The molecule has 0 aliphatic heterocycles. The van der Waals surface area contributed by atoms with Gasteiger partial charge in [-0.3, -0.25) is 34.1 Å². The van der Waals surface area contributed by atoms with E-state index in [1.54, 1.807) is 0 Å². The number of benzene rings is 2. The number of nitro groups is 2. The van der Waals surface area contributed by atoms with Crippen LogP contribution in [-0.2, 0) is 20.2 Å². The first-order chi connectivity index (χ1) is 12.7. The standard InChI is InChI=1S/C13H8N2O11S2.Na.H/c16-13(7-1-9(14(17)18)5-11(3-7)27(21,22)23)8-2-10(15(19)20)6-12(4-8)28(24,25)26;;/h1-6H,(H,21,22,23)(H,24,25,26);;/q;+1;-1. The van der Waals surface area contributed by atoms with Crippen molar-refractivity contribution in [3.8, 4) is 0 Å². The van der Waals surface area contributed by atoms with Gasteiger partial charge in [-0.05, 0) is 12.1 Å². The van der Waals surface area contributed by atoms with Crippen molar-refractivity contribution in [2.45, 2.75) is 9.79 Å². The van der Waals surface area contributed by atoms with Gasteiger partial charge in [0.15, 0.2) is 5.78 Å². The summed E-state index contributed by atoms with van der Waals surface area (Å²) >= 11 is 0. The van der Waals surface area contributed by atoms with Crippen LogP contribution in [0, 0.1) is 20.2 Å². The summed E-state index contributed by atoms with van der Waals surface area (Å²) in [6, 6.07) is 3.34. The van der Waals surface area contributed by atoms with Crippen LogP contribution in [0.4, 0.5) is 11.4 Å². The van der Waals surface area contributed by atoms with Crippen molar-refractivity contribution in [3.63, 3.8) is 0 Å². The van der Waals surface area contributed by atoms with Crippen LogP contribution in [0.2, 0.25) is 0 Å². The molecule has 0 amide bonds. The number of nitrogens with zero attached hydrogens (tertiary/aromatic N) is 2. The number of hydrogen-bond acceptors (Lipinski definition) is 9. The summed E-state index contributed by atoms with van der Waals surface area (Å²) in [4.78, 5) is 30.3. The fourth-order valence-electron chi connectivity index (χ4n) is 2.10. The average Bonchev–Trinajstić information content (AvgIpc) is 2.58. The minimum atomic E-state index is -4.95. The van der Waals surface area contributed by atoms with E-state index in [0.29, 0.717) is 36.4 Å². The van der Waals surface area contributed by atoms with Crippen LogP contribution in [0.3, 0.4) is 0 Å². The fourth-order valence-corrected chi connectivity index (χ4v) is 3.20. The maximum Gasteiger partial charge on any atom is 1.00 e. The van der Waals surface area contributed by atoms with E-state index in [-0.39, 0.29) is 31.0 Å². The van der Waals surface area contributed by atoms with Gasteiger partial charge in [0.1, 0.15) is 9.79 Å². The van der Waals surface area contributed by atoms with Gasteiger partial charge in [0.05, 0.1) is 9.85 Å². The summed E-state index contributed by atoms with van der Waals surface area (Å²) in [5.41, 5.74) is -3.13. The van der Waals surface area contributed by atoms with E-state index >= 15 is 0 Å². The zero-order chi connectivity index (χ0) is 21.4. The van der Waals surface area contributed by atoms with Crippen LogP contribution >= 0.6 is 0 Å². The zero-order valence-corrected chi connectivity index (χ0v) is 17.9. The van der Waals surface area contributed by atoms with E-state index in [1.165, 1.54) is 0 Å². The summed E-state index contributed by atoms with van der Waals surface area (Å²) < 4.78 is 63.2. The van der Waals surface area contributed by atoms with E-state index in [1.807, 2.05) is 0 Å². The Morgan fingerprint density at radius 3 is 1.31 bits per heavy atom. The first-order valence-corrected chi connectivity index (χ1v) is 9.67. The maximum absolute atomic E-state index is 12.6. The van der Waals surface area contributed by atoms with Gasteiger partial charge in [-0.2, -0.15) is 16.8 Å². The molecule has 0 spiro atoms. The number of carbonyl (C=O) groups excluding carboxylic acids is 1. The van der Waals surface area contributed by atoms with Crippen LogP contribution < -0.4 is 29.6 Å². The van der Waals surface area contributed by atoms with Crippen LogP contribution in [-0.4, -0.2) is 41.6 Å². The minimum Gasteiger partial charge on any atom is -1.00 e. The number of non-ortho nitro benzene ring substituents is 2. The predicted octanol–water partition coefficient (Wildman–Crippen LogP) is -1.66. The Kier molecular flexibility index (Phi) is 7.36. The maximum atomic E-state index is 12.6. The molecule has 0 aromatic heterocycles. The smallest absolute Gasteiger partial charge is 1.00 e. The number of ketones is 1. The van der Waals surface area contributed by atoms with Gasteiger partial charge >= 0.3 is 29.6 Å². The second-order valence-corrected chi connectivity index (χ2v) is 8.07. The van der Waals surface area contributed by atoms with Crippen molar-refractivity contribution in [2.75, 3.05) is 0 Å². The molecule has 2 aromatic rings. The third-order valence-corrected chi connectivity index (χ3v) is 4.99. The first-order valence-electron chi connectivity index (χ1n) is 6.79. The molecule has 16 heteroatoms. The molecule has 2 aromatic carbocycles. The van der Waals surface area contributed by atoms with Crippen molar-refractivity contribution in [1.82, 2.24) is 0 Å². The molecule has 150 valence electrons. The second kappa shape index (κ2) is 8.62. The van der Waals surface area contributed by atoms with Gasteiger partial charge in [0.25, 0.3) is 31.6 Å². The van der Waals surface area contributed by atoms with E-state index in [0.717, 1.165) is 0 Å². The molecule has 0 aliphatic carbocycles. The first kappa shape index (κ1) is 24.8. The molecular formula is C13H9N2NaO11S2. The van der Waals surface area contributed by atoms with Gasteiger partial charge in [0.2, 0.25) is 0 Å². The van der Waals surface area contributed by atoms with E-state index in [9.17, 15) is 41.9 Å². The molecule has 0 bridgehead atoms. The number of hydrogen-bond donors (Lipinski definition) is 2. The van der Waals surface area contributed by atoms with E-state index in [4.69, 9.17) is 9.11 Å². The Labute approximate surface area is 185 Å². The van der Waals surface area contributed by atoms with Gasteiger partial charge in [-0.15, -0.1) is 0 Å². The molecule has 2 rings (SSSR count). The molecule has 0 radical (unpaired) electrons. The van der Waals surface area contributed by atoms with Crippen LogP contribution in [0.25, 0.3) is 0 Å². The largest absolute Gasteiger partial charge is 1.00 e. The Bertz CT molecular complexity index is 1150. The molecular weight excluding hydrogens is 447 g/mol. The Hall–Kier alpha value is -2.27. The normalized spacial score (nSPS) is 11.4. The van der Waals surface area contributed by atoms with Gasteiger partial charge in [0, 0.05) is 35.4 Å². The molecule has 0 heterocycles. The molecule has 0 unspecified atom stereocenters. The number of carbonyl (C=O) groups is 1. The predicted molar refractivity (Wildman–Crippen MR) is 90.4 cm³/mol. The molecule has 2 N–H and O–H groups in total. The number of nitro benzene ring substituents is 2. The Morgan fingerprint density at radius 2 is 1.07 bits per heavy atom. The summed E-state index contributed by atoms with van der Waals surface area (Å²) in [5.74, 6) is -1.23. The van der Waals surface area contributed by atoms with Crippen LogP contribution in [0.15, 0.2) is 46.2 Å². The Morgan fingerprint density at radius 1 is 0.759 bits per heavy atom. The van der Waals surface area contributed by atoms with Gasteiger partial charge in [-0.25, -0.2) is 0 Å². The topological polar surface area (TPSA) is 212 Å². The van der Waals surface area contributed by atoms with Crippen molar-refractivity contribution < 1.29 is 71.6 Å². The second-order valence-electron chi connectivity index (χ2n) is 5.22. The minimum absolute atomic E-state index is 0. The monoisotopic (exact) mass is 456 g/mol. The summed E-state index contributed by atoms with van der Waals surface area (Å²) in [7, 11) is -9.90. The summed E-state index contributed by atoms with van der Waals surface area (Å²) in [5, 5.41) is 21.9. The quantitative estimate of drug-likeness (QED) is 0.165. The molecule has 0 saturated heterocycles. The third kappa shape index (κ3) is 5.86.